The molecule has 3 N–H and O–H groups in total. The Kier molecular flexibility index (Phi) is 9.11. The number of hydrogen-bond donors (Lipinski definition) is 3. The molecule has 9 nitrogen and oxygen atoms in total. The minimum atomic E-state index is -1.11. The number of aliphatic carboxylic acids is 1. The van der Waals surface area contributed by atoms with Crippen LogP contribution in [-0.4, -0.2) is 61.1 Å². The highest BCUT2D eigenvalue weighted by atomic mass is 35.5. The van der Waals surface area contributed by atoms with Gasteiger partial charge in [0.25, 0.3) is 0 Å². The van der Waals surface area contributed by atoms with Crippen molar-refractivity contribution >= 4 is 29.4 Å². The summed E-state index contributed by atoms with van der Waals surface area (Å²) in [6.45, 7) is 2.30. The molecule has 2 amide bonds. The second kappa shape index (κ2) is 12.2. The van der Waals surface area contributed by atoms with Crippen LogP contribution in [0.15, 0.2) is 59.8 Å². The molecular formula is C25H28ClN3O6. The lowest BCUT2D eigenvalue weighted by atomic mass is 9.93. The van der Waals surface area contributed by atoms with Crippen LogP contribution in [-0.2, 0) is 9.59 Å². The topological polar surface area (TPSA) is 117 Å². The lowest BCUT2D eigenvalue weighted by Crippen LogP contribution is -2.49. The minimum absolute atomic E-state index is 0.0857. The molecule has 0 aromatic heterocycles. The number of hydrogen-bond acceptors (Lipinski definition) is 6. The summed E-state index contributed by atoms with van der Waals surface area (Å²) in [6.07, 6.45) is 0.500. The second-order valence-electron chi connectivity index (χ2n) is 7.96. The fourth-order valence-electron chi connectivity index (χ4n) is 3.82. The van der Waals surface area contributed by atoms with Gasteiger partial charge in [0.15, 0.2) is 5.78 Å². The maximum Gasteiger partial charge on any atom is 0.335 e. The van der Waals surface area contributed by atoms with Crippen molar-refractivity contribution in [3.05, 3.63) is 70.4 Å². The smallest absolute Gasteiger partial charge is 0.335 e. The Hall–Kier alpha value is -3.56. The number of carboxylic acids is 1. The van der Waals surface area contributed by atoms with Crippen molar-refractivity contribution < 1.29 is 29.0 Å². The van der Waals surface area contributed by atoms with Gasteiger partial charge in [-0.1, -0.05) is 29.8 Å². The van der Waals surface area contributed by atoms with Crippen molar-refractivity contribution in [2.45, 2.75) is 19.4 Å². The van der Waals surface area contributed by atoms with Crippen molar-refractivity contribution in [3.8, 4) is 11.5 Å². The number of nitrogens with zero attached hydrogens (tertiary/aromatic N) is 1. The number of nitrogens with one attached hydrogen (secondary N) is 2. The third-order valence-corrected chi connectivity index (χ3v) is 5.69. The van der Waals surface area contributed by atoms with Crippen molar-refractivity contribution in [2.24, 2.45) is 0 Å². The Balaban J connectivity index is 1.54. The first-order valence-corrected chi connectivity index (χ1v) is 11.4. The van der Waals surface area contributed by atoms with Crippen LogP contribution in [0.1, 0.15) is 24.9 Å². The molecule has 3 rings (SSSR count). The predicted molar refractivity (Wildman–Crippen MR) is 131 cm³/mol. The molecule has 1 aliphatic heterocycles. The fourth-order valence-corrected chi connectivity index (χ4v) is 4.02. The third kappa shape index (κ3) is 6.97. The van der Waals surface area contributed by atoms with E-state index in [1.165, 1.54) is 4.90 Å². The maximum atomic E-state index is 12.7. The van der Waals surface area contributed by atoms with Crippen LogP contribution in [0.25, 0.3) is 0 Å². The van der Waals surface area contributed by atoms with Crippen LogP contribution in [0.2, 0.25) is 5.02 Å². The van der Waals surface area contributed by atoms with Crippen LogP contribution < -0.4 is 20.1 Å². The average molecular weight is 502 g/mol. The molecule has 2 aromatic rings. The van der Waals surface area contributed by atoms with Crippen LogP contribution in [0, 0.1) is 0 Å². The molecule has 1 atom stereocenters. The van der Waals surface area contributed by atoms with E-state index in [2.05, 4.69) is 10.6 Å². The van der Waals surface area contributed by atoms with Gasteiger partial charge in [0.2, 0.25) is 0 Å². The Morgan fingerprint density at radius 1 is 1.17 bits per heavy atom. The average Bonchev–Trinajstić information content (AvgIpc) is 2.83. The van der Waals surface area contributed by atoms with Gasteiger partial charge in [-0.15, -0.1) is 0 Å². The predicted octanol–water partition coefficient (Wildman–Crippen LogP) is 3.40. The number of Topliss-reactive ketones (excluding diaryl/α,β-unsaturated/α-hetero) is 1. The summed E-state index contributed by atoms with van der Waals surface area (Å²) < 4.78 is 10.6. The van der Waals surface area contributed by atoms with Gasteiger partial charge in [0, 0.05) is 23.3 Å². The quantitative estimate of drug-likeness (QED) is 0.381. The van der Waals surface area contributed by atoms with E-state index in [0.717, 1.165) is 0 Å². The van der Waals surface area contributed by atoms with Gasteiger partial charge < -0.3 is 30.1 Å². The molecule has 35 heavy (non-hydrogen) atoms. The summed E-state index contributed by atoms with van der Waals surface area (Å²) >= 11 is 6.13. The van der Waals surface area contributed by atoms with Crippen molar-refractivity contribution in [1.82, 2.24) is 15.5 Å². The largest absolute Gasteiger partial charge is 0.497 e. The standard InChI is InChI=1S/C25H28ClN3O6/c1-16-22(24(31)32)23(17-6-3-7-18(26)12-17)29(25(33)28-16)11-5-10-27-14-19(30)15-35-21-9-4-8-20(13-21)34-2/h3-4,6-9,12-13,23,27H,5,10-11,14-15H2,1-2H3,(H,28,33)(H,31,32). The number of halogens is 1. The molecule has 1 heterocycles. The van der Waals surface area contributed by atoms with Gasteiger partial charge in [0.1, 0.15) is 18.1 Å². The molecule has 1 unspecified atom stereocenters. The summed E-state index contributed by atoms with van der Waals surface area (Å²) in [7, 11) is 1.55. The van der Waals surface area contributed by atoms with E-state index in [4.69, 9.17) is 21.1 Å². The highest BCUT2D eigenvalue weighted by Crippen LogP contribution is 2.34. The van der Waals surface area contributed by atoms with Crippen molar-refractivity contribution in [3.63, 3.8) is 0 Å². The number of amides is 2. The Morgan fingerprint density at radius 2 is 1.91 bits per heavy atom. The van der Waals surface area contributed by atoms with Gasteiger partial charge >= 0.3 is 12.0 Å². The van der Waals surface area contributed by atoms with E-state index in [-0.39, 0.29) is 37.1 Å². The number of carbonyl (C=O) groups excluding carboxylic acids is 2. The molecule has 0 bridgehead atoms. The minimum Gasteiger partial charge on any atom is -0.497 e. The van der Waals surface area contributed by atoms with Gasteiger partial charge in [-0.3, -0.25) is 4.79 Å². The number of ether oxygens (including phenoxy) is 2. The Morgan fingerprint density at radius 3 is 2.63 bits per heavy atom. The van der Waals surface area contributed by atoms with E-state index < -0.39 is 12.0 Å². The van der Waals surface area contributed by atoms with E-state index in [0.29, 0.717) is 40.7 Å². The lowest BCUT2D eigenvalue weighted by Gasteiger charge is -2.37. The maximum absolute atomic E-state index is 12.7. The van der Waals surface area contributed by atoms with Crippen LogP contribution in [0.4, 0.5) is 4.79 Å². The van der Waals surface area contributed by atoms with Crippen molar-refractivity contribution in [1.29, 1.82) is 0 Å². The highest BCUT2D eigenvalue weighted by molar-refractivity contribution is 6.30. The molecule has 0 saturated heterocycles. The third-order valence-electron chi connectivity index (χ3n) is 5.45. The molecule has 1 aliphatic rings. The number of methoxy groups -OCH3 is 1. The van der Waals surface area contributed by atoms with Gasteiger partial charge in [-0.2, -0.15) is 0 Å². The van der Waals surface area contributed by atoms with Crippen LogP contribution in [0.3, 0.4) is 0 Å². The first kappa shape index (κ1) is 26.1. The Labute approximate surface area is 208 Å². The highest BCUT2D eigenvalue weighted by Gasteiger charge is 2.37. The van der Waals surface area contributed by atoms with E-state index in [9.17, 15) is 19.5 Å². The Bertz CT molecular complexity index is 1120. The molecular weight excluding hydrogens is 474 g/mol. The fraction of sp³-hybridized carbons (Fsp3) is 0.320. The summed E-state index contributed by atoms with van der Waals surface area (Å²) in [4.78, 5) is 38.3. The van der Waals surface area contributed by atoms with Crippen molar-refractivity contribution in [2.75, 3.05) is 33.4 Å². The van der Waals surface area contributed by atoms with Crippen LogP contribution in [0.5, 0.6) is 11.5 Å². The normalized spacial score (nSPS) is 15.6. The summed E-state index contributed by atoms with van der Waals surface area (Å²) in [5, 5.41) is 15.9. The zero-order valence-corrected chi connectivity index (χ0v) is 20.3. The summed E-state index contributed by atoms with van der Waals surface area (Å²) in [5.74, 6) is -0.0651. The summed E-state index contributed by atoms with van der Waals surface area (Å²) in [5.41, 5.74) is 0.995. The number of carboxylic acid groups (broad SMARTS) is 1. The van der Waals surface area contributed by atoms with Gasteiger partial charge in [-0.05, 0) is 49.7 Å². The molecule has 186 valence electrons. The number of benzene rings is 2. The molecule has 10 heteroatoms. The SMILES string of the molecule is COc1cccc(OCC(=O)CNCCCN2C(=O)NC(C)=C(C(=O)O)C2c2cccc(Cl)c2)c1. The monoisotopic (exact) mass is 501 g/mol. The zero-order valence-electron chi connectivity index (χ0n) is 19.5. The second-order valence-corrected chi connectivity index (χ2v) is 8.40. The molecule has 2 aromatic carbocycles. The van der Waals surface area contributed by atoms with Gasteiger partial charge in [-0.25, -0.2) is 9.59 Å². The number of allylic oxidation sites excluding steroid dienone is 1. The number of rotatable bonds is 12. The summed E-state index contributed by atoms with van der Waals surface area (Å²) in [6, 6.07) is 12.6. The molecule has 0 fully saturated rings. The first-order valence-electron chi connectivity index (χ1n) is 11.1. The van der Waals surface area contributed by atoms with Gasteiger partial charge in [0.05, 0.1) is 25.3 Å². The number of urea groups is 1. The molecule has 0 radical (unpaired) electrons. The zero-order chi connectivity index (χ0) is 25.4. The number of carbonyl (C=O) groups is 3. The van der Waals surface area contributed by atoms with E-state index in [1.54, 1.807) is 62.6 Å². The van der Waals surface area contributed by atoms with Crippen LogP contribution >= 0.6 is 11.6 Å². The molecule has 0 saturated carbocycles. The number of ketones is 1. The first-order chi connectivity index (χ1) is 16.8. The van der Waals surface area contributed by atoms with E-state index in [1.807, 2.05) is 0 Å². The van der Waals surface area contributed by atoms with E-state index >= 15 is 0 Å². The molecule has 0 spiro atoms. The lowest BCUT2D eigenvalue weighted by molar-refractivity contribution is -0.133. The molecule has 0 aliphatic carbocycles.